The molecule has 1 aromatic carbocycles. The van der Waals surface area contributed by atoms with Crippen molar-refractivity contribution in [2.75, 3.05) is 0 Å². The van der Waals surface area contributed by atoms with Crippen LogP contribution in [0.1, 0.15) is 34.6 Å². The van der Waals surface area contributed by atoms with Gasteiger partial charge in [0.1, 0.15) is 10.7 Å². The van der Waals surface area contributed by atoms with Crippen LogP contribution in [0.2, 0.25) is 0 Å². The number of nitrogens with zero attached hydrogens (tertiary/aromatic N) is 1. The van der Waals surface area contributed by atoms with Crippen molar-refractivity contribution in [2.45, 2.75) is 13.8 Å². The number of carbonyl (C=O) groups excluding carboxylic acids is 4. The number of carbonyl (C=O) groups is 4. The first-order valence-electron chi connectivity index (χ1n) is 8.90. The molecule has 1 aromatic rings. The second-order valence-corrected chi connectivity index (χ2v) is 4.62. The zero-order valence-electron chi connectivity index (χ0n) is 27.8. The maximum Gasteiger partial charge on any atom is 0.230 e. The van der Waals surface area contributed by atoms with E-state index in [9.17, 15) is 19.2 Å². The number of hydrogen-bond donors (Lipinski definition) is 0. The van der Waals surface area contributed by atoms with E-state index < -0.39 is 28.4 Å². The molecule has 5 nitrogen and oxygen atoms in total. The number of hydrogen-bond acceptors (Lipinski definition) is 4. The predicted octanol–water partition coefficient (Wildman–Crippen LogP) is 20.6. The van der Waals surface area contributed by atoms with Gasteiger partial charge in [-0.15, -0.1) is 0 Å². The third-order valence-corrected chi connectivity index (χ3v) is 3.24. The lowest BCUT2D eigenvalue weighted by Crippen LogP contribution is -2.39. The minimum Gasteiger partial charge on any atom is -0.287 e. The molecule has 2 rings (SSSR count). The zero-order valence-corrected chi connectivity index (χ0v) is 28.6. The normalized spacial score (nSPS) is 6.38. The fourth-order valence-electron chi connectivity index (χ4n) is 2.07. The summed E-state index contributed by atoms with van der Waals surface area (Å²) in [5.41, 5.74) is -0.0851. The minimum atomic E-state index is -0.675. The lowest BCUT2D eigenvalue weighted by Gasteiger charge is -2.24. The molecule has 2 amide bonds. The van der Waals surface area contributed by atoms with E-state index >= 15 is 0 Å². The van der Waals surface area contributed by atoms with Gasteiger partial charge >= 0.3 is 0 Å². The van der Waals surface area contributed by atoms with Crippen LogP contribution in [0.25, 0.3) is 0 Å². The van der Waals surface area contributed by atoms with E-state index in [0.717, 1.165) is 13.8 Å². The van der Waals surface area contributed by atoms with Gasteiger partial charge < -0.3 is 0 Å². The molecular weight excluding hydrogens is 1140 g/mol. The highest BCUT2D eigenvalue weighted by molar-refractivity contribution is 6.50. The topological polar surface area (TPSA) is 71.5 Å². The number of fused-ring (bicyclic) bond motifs is 1. The summed E-state index contributed by atoms with van der Waals surface area (Å²) in [7, 11) is 0. The lowest BCUT2D eigenvalue weighted by molar-refractivity contribution is -0.139. The van der Waals surface area contributed by atoms with Crippen LogP contribution in [-0.4, -0.2) is 28.3 Å². The van der Waals surface area contributed by atoms with Crippen molar-refractivity contribution in [3.8, 4) is 0 Å². The van der Waals surface area contributed by atoms with Crippen LogP contribution in [-0.2, 0) is 9.59 Å². The Bertz CT molecular complexity index is 734. The minimum absolute atomic E-state index is 0. The van der Waals surface area contributed by atoms with Crippen LogP contribution >= 0.6 is 11.6 Å². The predicted molar refractivity (Wildman–Crippen MR) is 122 cm³/mol. The Hall–Kier alpha value is -5.42. The molecule has 0 fully saturated rings. The Morgan fingerprint density at radius 1 is 0.338 bits per heavy atom. The van der Waals surface area contributed by atoms with Crippen molar-refractivity contribution in [3.63, 3.8) is 0 Å². The van der Waals surface area contributed by atoms with Crippen molar-refractivity contribution in [1.29, 1.82) is 0 Å². The second kappa shape index (κ2) is 297. The molecule has 65 heavy (non-hydrogen) atoms. The summed E-state index contributed by atoms with van der Waals surface area (Å²) in [4.78, 5) is 48.2. The van der Waals surface area contributed by atoms with E-state index in [-0.39, 0.29) is 21.5 Å². The monoisotopic (exact) mass is 1150 g/mol. The van der Waals surface area contributed by atoms with Crippen LogP contribution in [0.4, 0.5) is 206 Å². The molecule has 1 aliphatic carbocycles. The summed E-state index contributed by atoms with van der Waals surface area (Å²) in [5.74, 6) is -2.54. The van der Waals surface area contributed by atoms with E-state index in [1.807, 2.05) is 0 Å². The number of amides is 2. The highest BCUT2D eigenvalue weighted by atomic mass is 35.5. The summed E-state index contributed by atoms with van der Waals surface area (Å²) in [5, 5.41) is -0.417. The van der Waals surface area contributed by atoms with Gasteiger partial charge in [0.25, 0.3) is 0 Å². The fraction of sp³-hybridized carbons (Fsp3) is 0.143. The van der Waals surface area contributed by atoms with Gasteiger partial charge in [-0.3, -0.25) is 23.9 Å². The number of Topliss-reactive ketones (excluding diaryl/α,β-unsaturated/α-hetero) is 2. The molecule has 0 saturated carbocycles. The summed E-state index contributed by atoms with van der Waals surface area (Å²) >= 11 is 5.90. The van der Waals surface area contributed by atoms with E-state index in [0.29, 0.717) is 4.90 Å². The molecule has 0 saturated heterocycles. The summed E-state index contributed by atoms with van der Waals surface area (Å²) in [6, 6.07) is 6.12. The smallest absolute Gasteiger partial charge is 0.230 e. The van der Waals surface area contributed by atoms with Gasteiger partial charge in [0, 0.05) is 226 Å². The maximum atomic E-state index is 12.4. The quantitative estimate of drug-likeness (QED) is 0.263. The van der Waals surface area contributed by atoms with Crippen LogP contribution in [0.15, 0.2) is 35.0 Å². The van der Waals surface area contributed by atoms with Crippen molar-refractivity contribution >= 4 is 35.0 Å². The summed E-state index contributed by atoms with van der Waals surface area (Å²) in [6.07, 6.45) is 0. The Morgan fingerprint density at radius 2 is 0.477 bits per heavy atom. The Kier molecular flexibility index (Phi) is 661. The Balaban J connectivity index is -0.0000000175. The molecule has 0 bridgehead atoms. The average molecular weight is 1150 g/mol. The first-order chi connectivity index (χ1) is 31.4. The molecule has 0 N–H and O–H groups in total. The SMILES string of the molecule is CC(=O)N(C(C)=O)C1=C(Cl)C(=O)c2ccccc2C1=O.F.FF.FF.FF.FF.FF.FF.FF.FF.FF.FF.FF.FF.FF.FF.FF.FF.FF.FF.FF.FF.FF.FF. The third-order valence-electron chi connectivity index (χ3n) is 2.89. The first-order valence-corrected chi connectivity index (χ1v) is 9.27. The molecule has 0 unspecified atom stereocenters. The van der Waals surface area contributed by atoms with Gasteiger partial charge in [-0.05, 0) is 0 Å². The zero-order chi connectivity index (χ0) is 59.0. The maximum absolute atomic E-state index is 12.4. The molecule has 0 heterocycles. The second-order valence-electron chi connectivity index (χ2n) is 4.24. The Labute approximate surface area is 326 Å². The molecule has 0 radical (unpaired) electrons. The van der Waals surface area contributed by atoms with Crippen LogP contribution in [0, 0.1) is 0 Å². The van der Waals surface area contributed by atoms with Gasteiger partial charge in [0.2, 0.25) is 23.4 Å². The number of ketones is 2. The molecule has 1 aliphatic rings. The van der Waals surface area contributed by atoms with E-state index in [2.05, 4.69) is 0 Å². The summed E-state index contributed by atoms with van der Waals surface area (Å²) < 4.78 is 352. The molecular formula is C14H11ClF45NO4. The summed E-state index contributed by atoms with van der Waals surface area (Å²) in [6.45, 7) is 2.24. The molecule has 0 spiro atoms. The largest absolute Gasteiger partial charge is 0.287 e. The number of rotatable bonds is 1. The third kappa shape index (κ3) is 133. The van der Waals surface area contributed by atoms with E-state index in [1.54, 1.807) is 12.1 Å². The van der Waals surface area contributed by atoms with Crippen LogP contribution in [0.3, 0.4) is 0 Å². The number of halogens is 46. The average Bonchev–Trinajstić information content (AvgIpc) is 3.46. The van der Waals surface area contributed by atoms with Crippen molar-refractivity contribution < 1.29 is 225 Å². The molecule has 418 valence electrons. The van der Waals surface area contributed by atoms with Crippen molar-refractivity contribution in [1.82, 2.24) is 4.90 Å². The molecule has 51 heteroatoms. The molecule has 0 atom stereocenters. The van der Waals surface area contributed by atoms with Gasteiger partial charge in [0.05, 0.1) is 0 Å². The lowest BCUT2D eigenvalue weighted by atomic mass is 9.92. The number of imide groups is 1. The van der Waals surface area contributed by atoms with Crippen LogP contribution < -0.4 is 0 Å². The van der Waals surface area contributed by atoms with Crippen LogP contribution in [0.5, 0.6) is 0 Å². The standard InChI is InChI=1S/C14H10ClNO4.22F2.FH/c1-7(17)16(8(2)18)12-11(15)13(19)9-5-3-4-6-10(9)14(12)20;22*1-2;/h3-6H,1-2H3;;;;;;;;;;;;;;;;;;;;;;;1H. The highest BCUT2D eigenvalue weighted by Gasteiger charge is 2.37. The van der Waals surface area contributed by atoms with E-state index in [1.165, 1.54) is 12.1 Å². The molecule has 0 aromatic heterocycles. The fourth-order valence-corrected chi connectivity index (χ4v) is 2.34. The number of allylic oxidation sites excluding steroid dienone is 2. The van der Waals surface area contributed by atoms with Gasteiger partial charge in [-0.25, -0.2) is 4.90 Å². The molecule has 0 aliphatic heterocycles. The van der Waals surface area contributed by atoms with Crippen molar-refractivity contribution in [3.05, 3.63) is 46.1 Å². The highest BCUT2D eigenvalue weighted by Crippen LogP contribution is 2.30. The van der Waals surface area contributed by atoms with E-state index in [4.69, 9.17) is 213 Å². The van der Waals surface area contributed by atoms with Gasteiger partial charge in [-0.2, -0.15) is 0 Å². The Morgan fingerprint density at radius 3 is 0.615 bits per heavy atom. The van der Waals surface area contributed by atoms with Gasteiger partial charge in [-0.1, -0.05) is 35.9 Å². The first kappa shape index (κ1) is 145. The van der Waals surface area contributed by atoms with Gasteiger partial charge in [0.15, 0.2) is 0 Å². The van der Waals surface area contributed by atoms with Crippen molar-refractivity contribution in [2.24, 2.45) is 0 Å². The number of benzene rings is 1.